The molecule has 0 aliphatic heterocycles. The van der Waals surface area contributed by atoms with E-state index in [9.17, 15) is 9.59 Å². The van der Waals surface area contributed by atoms with E-state index in [4.69, 9.17) is 6.57 Å². The van der Waals surface area contributed by atoms with Crippen molar-refractivity contribution >= 4 is 28.9 Å². The average Bonchev–Trinajstić information content (AvgIpc) is 3.44. The number of H-pyrrole nitrogens is 1. The van der Waals surface area contributed by atoms with Gasteiger partial charge in [-0.2, -0.15) is 0 Å². The summed E-state index contributed by atoms with van der Waals surface area (Å²) in [5.74, 6) is 0.464. The van der Waals surface area contributed by atoms with Crippen LogP contribution in [0.4, 0.5) is 5.69 Å². The van der Waals surface area contributed by atoms with Gasteiger partial charge >= 0.3 is 0 Å². The summed E-state index contributed by atoms with van der Waals surface area (Å²) < 4.78 is 1.89. The molecule has 0 unspecified atom stereocenters. The number of benzene rings is 1. The predicted octanol–water partition coefficient (Wildman–Crippen LogP) is 3.32. The lowest BCUT2D eigenvalue weighted by molar-refractivity contribution is 0.102. The number of carbonyl (C=O) groups excluding carboxylic acids is 2. The molecule has 9 nitrogen and oxygen atoms in total. The normalized spacial score (nSPS) is 19.6. The third kappa shape index (κ3) is 3.65. The number of aromatic amines is 1. The number of hydrogen-bond donors (Lipinski definition) is 2. The summed E-state index contributed by atoms with van der Waals surface area (Å²) in [4.78, 5) is 35.4. The van der Waals surface area contributed by atoms with Crippen LogP contribution < -0.4 is 5.32 Å². The van der Waals surface area contributed by atoms with E-state index in [0.717, 1.165) is 24.2 Å². The zero-order valence-electron chi connectivity index (χ0n) is 17.9. The summed E-state index contributed by atoms with van der Waals surface area (Å²) in [5.41, 5.74) is 3.15. The van der Waals surface area contributed by atoms with Crippen LogP contribution in [0.2, 0.25) is 0 Å². The Morgan fingerprint density at radius 2 is 2.21 bits per heavy atom. The molecule has 1 aliphatic carbocycles. The van der Waals surface area contributed by atoms with Gasteiger partial charge in [-0.3, -0.25) is 9.59 Å². The van der Waals surface area contributed by atoms with E-state index in [0.29, 0.717) is 35.0 Å². The Kier molecular flexibility index (Phi) is 4.98. The second-order valence-corrected chi connectivity index (χ2v) is 8.49. The Morgan fingerprint density at radius 1 is 1.36 bits per heavy atom. The van der Waals surface area contributed by atoms with Gasteiger partial charge in [0.25, 0.3) is 5.91 Å². The van der Waals surface area contributed by atoms with Crippen molar-refractivity contribution in [3.05, 3.63) is 83.0 Å². The average molecular weight is 439 g/mol. The zero-order valence-corrected chi connectivity index (χ0v) is 17.9. The lowest BCUT2D eigenvalue weighted by atomic mass is 9.60. The molecule has 5 rings (SSSR count). The molecule has 0 bridgehead atoms. The number of carbonyl (C=O) groups is 2. The minimum atomic E-state index is -0.395. The lowest BCUT2D eigenvalue weighted by Crippen LogP contribution is -2.45. The summed E-state index contributed by atoms with van der Waals surface area (Å²) in [6.07, 6.45) is 6.19. The summed E-state index contributed by atoms with van der Waals surface area (Å²) in [6, 6.07) is 10.9. The maximum absolute atomic E-state index is 12.9. The molecule has 1 saturated carbocycles. The van der Waals surface area contributed by atoms with Crippen LogP contribution in [0.3, 0.4) is 0 Å². The number of nitrogens with zero attached hydrogens (tertiary/aromatic N) is 5. The largest absolute Gasteiger partial charge is 0.359 e. The van der Waals surface area contributed by atoms with Crippen molar-refractivity contribution < 1.29 is 9.59 Å². The van der Waals surface area contributed by atoms with Crippen LogP contribution in [0.15, 0.2) is 48.9 Å². The van der Waals surface area contributed by atoms with Gasteiger partial charge in [-0.1, -0.05) is 12.1 Å². The van der Waals surface area contributed by atoms with E-state index in [-0.39, 0.29) is 17.2 Å². The highest BCUT2D eigenvalue weighted by Crippen LogP contribution is 2.48. The number of amides is 1. The molecule has 1 amide bonds. The van der Waals surface area contributed by atoms with Gasteiger partial charge in [0, 0.05) is 49.2 Å². The Morgan fingerprint density at radius 3 is 2.94 bits per heavy atom. The van der Waals surface area contributed by atoms with E-state index in [1.165, 1.54) is 6.07 Å². The standard InChI is InChI=1S/C24H21N7O2/c1-25-18-10-24(11-18,12-21-30-27-14-31(21)2)16-4-3-5-17(9-16)28-23(33)20-8-15(13-32)22-19(29-20)6-7-26-22/h3-9,13-14,18,26H,10-12H2,2H3,(H,28,33). The molecule has 3 heterocycles. The molecule has 0 saturated heterocycles. The van der Waals surface area contributed by atoms with Crippen molar-refractivity contribution in [2.45, 2.75) is 30.7 Å². The smallest absolute Gasteiger partial charge is 0.274 e. The van der Waals surface area contributed by atoms with Crippen LogP contribution >= 0.6 is 0 Å². The Balaban J connectivity index is 1.43. The van der Waals surface area contributed by atoms with Crippen LogP contribution in [0.1, 0.15) is 45.1 Å². The zero-order chi connectivity index (χ0) is 23.0. The third-order valence-corrected chi connectivity index (χ3v) is 6.38. The lowest BCUT2D eigenvalue weighted by Gasteiger charge is -2.42. The molecule has 2 N–H and O–H groups in total. The van der Waals surface area contributed by atoms with Crippen LogP contribution in [0.25, 0.3) is 15.9 Å². The fourth-order valence-corrected chi connectivity index (χ4v) is 4.58. The van der Waals surface area contributed by atoms with Crippen LogP contribution in [-0.2, 0) is 18.9 Å². The molecule has 4 aromatic rings. The first-order valence-corrected chi connectivity index (χ1v) is 10.6. The molecule has 33 heavy (non-hydrogen) atoms. The maximum atomic E-state index is 12.9. The van der Waals surface area contributed by atoms with E-state index in [1.807, 2.05) is 35.9 Å². The maximum Gasteiger partial charge on any atom is 0.274 e. The molecule has 0 atom stereocenters. The highest BCUT2D eigenvalue weighted by Gasteiger charge is 2.50. The summed E-state index contributed by atoms with van der Waals surface area (Å²) in [6.45, 7) is 7.40. The number of aromatic nitrogens is 5. The van der Waals surface area contributed by atoms with Gasteiger partial charge in [0.2, 0.25) is 6.04 Å². The predicted molar refractivity (Wildman–Crippen MR) is 122 cm³/mol. The number of nitrogens with one attached hydrogen (secondary N) is 2. The molecular formula is C24H21N7O2. The van der Waals surface area contributed by atoms with Crippen LogP contribution in [-0.4, -0.2) is 43.0 Å². The molecule has 0 spiro atoms. The van der Waals surface area contributed by atoms with Crippen molar-refractivity contribution in [1.29, 1.82) is 0 Å². The van der Waals surface area contributed by atoms with Gasteiger partial charge < -0.3 is 19.7 Å². The van der Waals surface area contributed by atoms with E-state index < -0.39 is 5.91 Å². The Labute approximate surface area is 189 Å². The van der Waals surface area contributed by atoms with Crippen molar-refractivity contribution in [3.8, 4) is 0 Å². The first-order valence-electron chi connectivity index (χ1n) is 10.6. The van der Waals surface area contributed by atoms with Gasteiger partial charge in [0.1, 0.15) is 17.8 Å². The molecular weight excluding hydrogens is 418 g/mol. The van der Waals surface area contributed by atoms with Crippen molar-refractivity contribution in [1.82, 2.24) is 24.7 Å². The molecule has 0 radical (unpaired) electrons. The highest BCUT2D eigenvalue weighted by atomic mass is 16.2. The number of anilines is 1. The Bertz CT molecular complexity index is 1410. The molecule has 1 aromatic carbocycles. The number of fused-ring (bicyclic) bond motifs is 1. The van der Waals surface area contributed by atoms with Crippen molar-refractivity contribution in [2.75, 3.05) is 5.32 Å². The number of pyridine rings is 1. The van der Waals surface area contributed by atoms with Crippen LogP contribution in [0, 0.1) is 6.57 Å². The quantitative estimate of drug-likeness (QED) is 0.354. The molecule has 3 aromatic heterocycles. The summed E-state index contributed by atoms with van der Waals surface area (Å²) >= 11 is 0. The second-order valence-electron chi connectivity index (χ2n) is 8.49. The summed E-state index contributed by atoms with van der Waals surface area (Å²) in [7, 11) is 1.91. The van der Waals surface area contributed by atoms with E-state index >= 15 is 0 Å². The van der Waals surface area contributed by atoms with Gasteiger partial charge in [0.05, 0.1) is 11.0 Å². The fraction of sp³-hybridized carbons (Fsp3) is 0.250. The van der Waals surface area contributed by atoms with E-state index in [1.54, 1.807) is 18.6 Å². The van der Waals surface area contributed by atoms with Crippen molar-refractivity contribution in [3.63, 3.8) is 0 Å². The van der Waals surface area contributed by atoms with Gasteiger partial charge in [-0.15, -0.1) is 10.2 Å². The highest BCUT2D eigenvalue weighted by molar-refractivity contribution is 6.06. The molecule has 9 heteroatoms. The Hall–Kier alpha value is -4.32. The van der Waals surface area contributed by atoms with Gasteiger partial charge in [0.15, 0.2) is 6.29 Å². The first kappa shape index (κ1) is 20.6. The van der Waals surface area contributed by atoms with Gasteiger partial charge in [-0.25, -0.2) is 11.6 Å². The van der Waals surface area contributed by atoms with Crippen LogP contribution in [0.5, 0.6) is 0 Å². The molecule has 1 aliphatic rings. The van der Waals surface area contributed by atoms with Crippen molar-refractivity contribution in [2.24, 2.45) is 7.05 Å². The fourth-order valence-electron chi connectivity index (χ4n) is 4.58. The monoisotopic (exact) mass is 439 g/mol. The molecule has 1 fully saturated rings. The third-order valence-electron chi connectivity index (χ3n) is 6.38. The van der Waals surface area contributed by atoms with E-state index in [2.05, 4.69) is 30.3 Å². The molecule has 164 valence electrons. The number of aldehydes is 1. The summed E-state index contributed by atoms with van der Waals surface area (Å²) in [5, 5.41) is 11.1. The minimum Gasteiger partial charge on any atom is -0.359 e. The number of hydrogen-bond acceptors (Lipinski definition) is 5. The second kappa shape index (κ2) is 7.98. The minimum absolute atomic E-state index is 0.0180. The first-order chi connectivity index (χ1) is 16.0. The SMILES string of the molecule is [C-]#[N+]C1CC(Cc2nncn2C)(c2cccc(NC(=O)c3cc(C=O)c4[nH]ccc4n3)c2)C1. The topological polar surface area (TPSA) is 110 Å². The number of aryl methyl sites for hydroxylation is 1. The van der Waals surface area contributed by atoms with Gasteiger partial charge in [-0.05, 0) is 29.8 Å². The number of rotatable bonds is 6.